The van der Waals surface area contributed by atoms with Crippen molar-refractivity contribution in [3.05, 3.63) is 118 Å². The van der Waals surface area contributed by atoms with Crippen LogP contribution in [0.15, 0.2) is 96.4 Å². The standard InChI is InChI=1S/C28H24ClN3S/c1-20-17-25(21(2)31(20)18-22-11-9-10-16-26(22)29)27-19-33-28(30-27)32(23-12-5-3-6-13-23)24-14-7-4-8-15-24/h3-17,19H,18H2,1-2H3. The summed E-state index contributed by atoms with van der Waals surface area (Å²) in [7, 11) is 0. The van der Waals surface area contributed by atoms with Crippen LogP contribution in [0.5, 0.6) is 0 Å². The number of rotatable bonds is 6. The maximum atomic E-state index is 6.43. The Balaban J connectivity index is 1.52. The van der Waals surface area contributed by atoms with Gasteiger partial charge in [-0.2, -0.15) is 0 Å². The van der Waals surface area contributed by atoms with Gasteiger partial charge in [0, 0.05) is 45.3 Å². The van der Waals surface area contributed by atoms with Gasteiger partial charge in [0.05, 0.1) is 5.69 Å². The van der Waals surface area contributed by atoms with Crippen LogP contribution in [0.25, 0.3) is 11.3 Å². The van der Waals surface area contributed by atoms with Crippen LogP contribution in [0, 0.1) is 13.8 Å². The monoisotopic (exact) mass is 469 g/mol. The Morgan fingerprint density at radius 3 is 2.09 bits per heavy atom. The van der Waals surface area contributed by atoms with E-state index in [-0.39, 0.29) is 0 Å². The van der Waals surface area contributed by atoms with E-state index in [1.165, 1.54) is 11.4 Å². The molecule has 2 heterocycles. The van der Waals surface area contributed by atoms with Crippen LogP contribution in [0.4, 0.5) is 16.5 Å². The first kappa shape index (κ1) is 21.5. The maximum Gasteiger partial charge on any atom is 0.195 e. The van der Waals surface area contributed by atoms with Gasteiger partial charge < -0.3 is 4.57 Å². The summed E-state index contributed by atoms with van der Waals surface area (Å²) >= 11 is 8.08. The Kier molecular flexibility index (Phi) is 6.03. The minimum atomic E-state index is 0.745. The van der Waals surface area contributed by atoms with Gasteiger partial charge in [0.1, 0.15) is 0 Å². The normalized spacial score (nSPS) is 11.0. The molecule has 0 radical (unpaired) electrons. The lowest BCUT2D eigenvalue weighted by atomic mass is 10.2. The molecule has 0 amide bonds. The van der Waals surface area contributed by atoms with Crippen molar-refractivity contribution in [1.82, 2.24) is 9.55 Å². The Morgan fingerprint density at radius 1 is 0.848 bits per heavy atom. The predicted octanol–water partition coefficient (Wildman–Crippen LogP) is 8.40. The summed E-state index contributed by atoms with van der Waals surface area (Å²) in [5.41, 5.74) is 7.83. The summed E-state index contributed by atoms with van der Waals surface area (Å²) < 4.78 is 2.31. The molecule has 3 aromatic carbocycles. The number of benzene rings is 3. The van der Waals surface area contributed by atoms with E-state index in [4.69, 9.17) is 16.6 Å². The van der Waals surface area contributed by atoms with E-state index >= 15 is 0 Å². The summed E-state index contributed by atoms with van der Waals surface area (Å²) in [4.78, 5) is 7.28. The smallest absolute Gasteiger partial charge is 0.195 e. The van der Waals surface area contributed by atoms with Crippen LogP contribution in [-0.4, -0.2) is 9.55 Å². The van der Waals surface area contributed by atoms with Crippen molar-refractivity contribution in [3.63, 3.8) is 0 Å². The molecule has 0 spiro atoms. The second-order valence-corrected chi connectivity index (χ2v) is 9.23. The SMILES string of the molecule is Cc1cc(-c2csc(N(c3ccccc3)c3ccccc3)n2)c(C)n1Cc1ccccc1Cl. The third kappa shape index (κ3) is 4.32. The molecule has 33 heavy (non-hydrogen) atoms. The van der Waals surface area contributed by atoms with Crippen molar-refractivity contribution in [1.29, 1.82) is 0 Å². The average molecular weight is 470 g/mol. The first-order valence-electron chi connectivity index (χ1n) is 10.9. The van der Waals surface area contributed by atoms with Crippen LogP contribution in [0.2, 0.25) is 5.02 Å². The molecular weight excluding hydrogens is 446 g/mol. The summed E-state index contributed by atoms with van der Waals surface area (Å²) in [6.45, 7) is 5.04. The number of hydrogen-bond donors (Lipinski definition) is 0. The highest BCUT2D eigenvalue weighted by atomic mass is 35.5. The molecule has 0 fully saturated rings. The molecule has 0 aliphatic heterocycles. The van der Waals surface area contributed by atoms with Gasteiger partial charge in [-0.3, -0.25) is 4.90 Å². The molecule has 0 atom stereocenters. The molecule has 0 bridgehead atoms. The Morgan fingerprint density at radius 2 is 1.45 bits per heavy atom. The molecule has 0 saturated carbocycles. The first-order chi connectivity index (χ1) is 16.1. The molecule has 2 aromatic heterocycles. The molecule has 5 aromatic rings. The average Bonchev–Trinajstić information content (AvgIpc) is 3.42. The zero-order chi connectivity index (χ0) is 22.8. The van der Waals surface area contributed by atoms with Crippen molar-refractivity contribution in [2.75, 3.05) is 4.90 Å². The molecule has 164 valence electrons. The third-order valence-electron chi connectivity index (χ3n) is 5.85. The van der Waals surface area contributed by atoms with Gasteiger partial charge in [0.2, 0.25) is 0 Å². The van der Waals surface area contributed by atoms with Crippen molar-refractivity contribution in [3.8, 4) is 11.3 Å². The van der Waals surface area contributed by atoms with Gasteiger partial charge in [0.15, 0.2) is 5.13 Å². The Labute approximate surface area is 203 Å². The minimum Gasteiger partial charge on any atom is -0.344 e. The van der Waals surface area contributed by atoms with Gasteiger partial charge in [-0.25, -0.2) is 4.98 Å². The summed E-state index contributed by atoms with van der Waals surface area (Å²) in [5, 5.41) is 3.89. The summed E-state index contributed by atoms with van der Waals surface area (Å²) in [5.74, 6) is 0. The minimum absolute atomic E-state index is 0.745. The Hall–Kier alpha value is -3.34. The van der Waals surface area contributed by atoms with Gasteiger partial charge >= 0.3 is 0 Å². The zero-order valence-corrected chi connectivity index (χ0v) is 20.1. The molecule has 3 nitrogen and oxygen atoms in total. The van der Waals surface area contributed by atoms with E-state index in [1.807, 2.05) is 30.3 Å². The molecule has 0 N–H and O–H groups in total. The fourth-order valence-corrected chi connectivity index (χ4v) is 5.17. The fourth-order valence-electron chi connectivity index (χ4n) is 4.12. The quantitative estimate of drug-likeness (QED) is 0.249. The third-order valence-corrected chi connectivity index (χ3v) is 7.04. The topological polar surface area (TPSA) is 21.1 Å². The molecule has 0 unspecified atom stereocenters. The molecule has 0 aliphatic rings. The van der Waals surface area contributed by atoms with E-state index in [0.29, 0.717) is 0 Å². The van der Waals surface area contributed by atoms with Crippen LogP contribution in [-0.2, 0) is 6.54 Å². The van der Waals surface area contributed by atoms with Crippen LogP contribution >= 0.6 is 22.9 Å². The number of hydrogen-bond acceptors (Lipinski definition) is 3. The van der Waals surface area contributed by atoms with Gasteiger partial charge in [-0.05, 0) is 55.8 Å². The lowest BCUT2D eigenvalue weighted by molar-refractivity contribution is 0.750. The van der Waals surface area contributed by atoms with E-state index in [1.54, 1.807) is 11.3 Å². The van der Waals surface area contributed by atoms with Gasteiger partial charge in [-0.1, -0.05) is 66.2 Å². The largest absolute Gasteiger partial charge is 0.344 e. The van der Waals surface area contributed by atoms with Crippen molar-refractivity contribution < 1.29 is 0 Å². The van der Waals surface area contributed by atoms with Crippen molar-refractivity contribution in [2.24, 2.45) is 0 Å². The van der Waals surface area contributed by atoms with E-state index in [9.17, 15) is 0 Å². The predicted molar refractivity (Wildman–Crippen MR) is 140 cm³/mol. The summed E-state index contributed by atoms with van der Waals surface area (Å²) in [6.07, 6.45) is 0. The summed E-state index contributed by atoms with van der Waals surface area (Å²) in [6, 6.07) is 31.0. The lowest BCUT2D eigenvalue weighted by Crippen LogP contribution is -2.09. The zero-order valence-electron chi connectivity index (χ0n) is 18.6. The van der Waals surface area contributed by atoms with Crippen LogP contribution in [0.3, 0.4) is 0 Å². The van der Waals surface area contributed by atoms with Crippen LogP contribution < -0.4 is 4.90 Å². The highest BCUT2D eigenvalue weighted by Gasteiger charge is 2.19. The number of halogens is 1. The Bertz CT molecular complexity index is 1330. The van der Waals surface area contributed by atoms with E-state index in [0.717, 1.165) is 44.9 Å². The van der Waals surface area contributed by atoms with Gasteiger partial charge in [0.25, 0.3) is 0 Å². The highest BCUT2D eigenvalue weighted by molar-refractivity contribution is 7.14. The number of aryl methyl sites for hydroxylation is 1. The number of thiazole rings is 1. The highest BCUT2D eigenvalue weighted by Crippen LogP contribution is 2.39. The van der Waals surface area contributed by atoms with Crippen molar-refractivity contribution >= 4 is 39.4 Å². The number of nitrogens with zero attached hydrogens (tertiary/aromatic N) is 3. The number of anilines is 3. The van der Waals surface area contributed by atoms with Crippen molar-refractivity contribution in [2.45, 2.75) is 20.4 Å². The molecule has 0 saturated heterocycles. The second-order valence-electron chi connectivity index (χ2n) is 7.98. The van der Waals surface area contributed by atoms with Gasteiger partial charge in [-0.15, -0.1) is 11.3 Å². The fraction of sp³-hybridized carbons (Fsp3) is 0.107. The lowest BCUT2D eigenvalue weighted by Gasteiger charge is -2.22. The number of aromatic nitrogens is 2. The first-order valence-corrected chi connectivity index (χ1v) is 12.1. The molecule has 5 heteroatoms. The maximum absolute atomic E-state index is 6.43. The second kappa shape index (κ2) is 9.26. The molecular formula is C28H24ClN3S. The van der Waals surface area contributed by atoms with Crippen LogP contribution in [0.1, 0.15) is 17.0 Å². The van der Waals surface area contributed by atoms with E-state index < -0.39 is 0 Å². The van der Waals surface area contributed by atoms with E-state index in [2.05, 4.69) is 89.4 Å². The molecule has 5 rings (SSSR count). The number of para-hydroxylation sites is 2. The molecule has 0 aliphatic carbocycles.